The summed E-state index contributed by atoms with van der Waals surface area (Å²) in [6.45, 7) is 2.76. The first-order valence-corrected chi connectivity index (χ1v) is 6.42. The van der Waals surface area contributed by atoms with Gasteiger partial charge in [0.25, 0.3) is 0 Å². The Morgan fingerprint density at radius 2 is 2.00 bits per heavy atom. The van der Waals surface area contributed by atoms with Gasteiger partial charge in [0.05, 0.1) is 10.2 Å². The van der Waals surface area contributed by atoms with Gasteiger partial charge in [-0.1, -0.05) is 0 Å². The van der Waals surface area contributed by atoms with Crippen molar-refractivity contribution in [2.75, 3.05) is 0 Å². The fourth-order valence-corrected chi connectivity index (χ4v) is 1.62. The third-order valence-electron chi connectivity index (χ3n) is 2.10. The number of benzene rings is 1. The van der Waals surface area contributed by atoms with Crippen LogP contribution in [0.25, 0.3) is 0 Å². The maximum absolute atomic E-state index is 11.5. The van der Waals surface area contributed by atoms with Crippen LogP contribution in [0.1, 0.15) is 24.2 Å². The average Bonchev–Trinajstić information content (AvgIpc) is 2.27. The number of carbonyl (C=O) groups excluding carboxylic acids is 1. The molecule has 0 N–H and O–H groups in total. The van der Waals surface area contributed by atoms with E-state index in [-0.39, 0.29) is 5.56 Å². The van der Waals surface area contributed by atoms with Crippen LogP contribution in [-0.4, -0.2) is 24.9 Å². The first-order valence-electron chi connectivity index (χ1n) is 4.95. The summed E-state index contributed by atoms with van der Waals surface area (Å²) in [6, 6.07) is 3.25. The summed E-state index contributed by atoms with van der Waals surface area (Å²) in [5.74, 6) is -0.460. The van der Waals surface area contributed by atoms with Crippen molar-refractivity contribution in [2.24, 2.45) is 0 Å². The molecule has 7 nitrogen and oxygen atoms in total. The topological polar surface area (TPSA) is 104 Å². The quantitative estimate of drug-likeness (QED) is 0.348. The summed E-state index contributed by atoms with van der Waals surface area (Å²) in [6.07, 6.45) is 0.443. The van der Waals surface area contributed by atoms with Gasteiger partial charge in [0.15, 0.2) is 0 Å². The van der Waals surface area contributed by atoms with Crippen LogP contribution >= 0.6 is 0 Å². The number of hydrogen-bond acceptors (Lipinski definition) is 6. The molecule has 0 bridgehead atoms. The van der Waals surface area contributed by atoms with E-state index in [0.29, 0.717) is 6.29 Å². The zero-order valence-electron chi connectivity index (χ0n) is 9.69. The normalized spacial score (nSPS) is 11.3. The molecule has 0 aliphatic carbocycles. The fraction of sp³-hybridized carbons (Fsp3) is 0.300. The van der Waals surface area contributed by atoms with Crippen molar-refractivity contribution in [3.63, 3.8) is 0 Å². The van der Waals surface area contributed by atoms with E-state index in [2.05, 4.69) is 4.18 Å². The lowest BCUT2D eigenvalue weighted by atomic mass is 10.2. The van der Waals surface area contributed by atoms with Gasteiger partial charge in [0.2, 0.25) is 5.75 Å². The maximum Gasteiger partial charge on any atom is 0.312 e. The third kappa shape index (κ3) is 3.04. The highest BCUT2D eigenvalue weighted by atomic mass is 32.2. The molecule has 0 aliphatic rings. The maximum atomic E-state index is 11.5. The van der Waals surface area contributed by atoms with Crippen molar-refractivity contribution in [3.05, 3.63) is 33.9 Å². The van der Waals surface area contributed by atoms with Gasteiger partial charge in [0, 0.05) is 11.6 Å². The molecular weight excluding hydrogens is 262 g/mol. The summed E-state index contributed by atoms with van der Waals surface area (Å²) in [7, 11) is -3.95. The van der Waals surface area contributed by atoms with E-state index >= 15 is 0 Å². The molecule has 1 aromatic rings. The van der Waals surface area contributed by atoms with Crippen molar-refractivity contribution in [2.45, 2.75) is 19.1 Å². The minimum Gasteiger partial charge on any atom is -0.375 e. The van der Waals surface area contributed by atoms with Crippen LogP contribution in [0.4, 0.5) is 5.69 Å². The lowest BCUT2D eigenvalue weighted by molar-refractivity contribution is -0.385. The highest BCUT2D eigenvalue weighted by Gasteiger charge is 2.24. The van der Waals surface area contributed by atoms with E-state index in [1.807, 2.05) is 0 Å². The number of carbonyl (C=O) groups is 1. The van der Waals surface area contributed by atoms with Gasteiger partial charge in [-0.3, -0.25) is 14.9 Å². The van der Waals surface area contributed by atoms with Crippen LogP contribution < -0.4 is 4.18 Å². The van der Waals surface area contributed by atoms with Gasteiger partial charge in [-0.25, -0.2) is 0 Å². The number of rotatable bonds is 5. The molecule has 0 unspecified atom stereocenters. The Balaban J connectivity index is 3.29. The van der Waals surface area contributed by atoms with Crippen LogP contribution in [0.5, 0.6) is 5.75 Å². The second-order valence-electron chi connectivity index (χ2n) is 3.73. The third-order valence-corrected chi connectivity index (χ3v) is 3.67. The number of nitrogens with zero attached hydrogens (tertiary/aromatic N) is 1. The van der Waals surface area contributed by atoms with Crippen LogP contribution in [0.3, 0.4) is 0 Å². The summed E-state index contributed by atoms with van der Waals surface area (Å²) in [5.41, 5.74) is -0.417. The summed E-state index contributed by atoms with van der Waals surface area (Å²) < 4.78 is 27.8. The fourth-order valence-electron chi connectivity index (χ4n) is 1.04. The van der Waals surface area contributed by atoms with Crippen LogP contribution in [0.2, 0.25) is 0 Å². The van der Waals surface area contributed by atoms with Crippen LogP contribution in [0.15, 0.2) is 18.2 Å². The minimum absolute atomic E-state index is 0.0922. The predicted molar refractivity (Wildman–Crippen MR) is 63.2 cm³/mol. The van der Waals surface area contributed by atoms with Crippen molar-refractivity contribution in [1.29, 1.82) is 0 Å². The molecule has 98 valence electrons. The van der Waals surface area contributed by atoms with Crippen LogP contribution in [-0.2, 0) is 10.1 Å². The molecule has 0 fully saturated rings. The Morgan fingerprint density at radius 3 is 2.44 bits per heavy atom. The largest absolute Gasteiger partial charge is 0.375 e. The van der Waals surface area contributed by atoms with Gasteiger partial charge in [0.1, 0.15) is 6.29 Å². The molecule has 0 amide bonds. The molecule has 0 aromatic heterocycles. The molecule has 1 aromatic carbocycles. The van der Waals surface area contributed by atoms with Gasteiger partial charge in [-0.2, -0.15) is 8.42 Å². The first kappa shape index (κ1) is 14.1. The lowest BCUT2D eigenvalue weighted by Crippen LogP contribution is -2.20. The van der Waals surface area contributed by atoms with E-state index in [1.165, 1.54) is 19.9 Å². The van der Waals surface area contributed by atoms with Crippen LogP contribution in [0, 0.1) is 10.1 Å². The summed E-state index contributed by atoms with van der Waals surface area (Å²) in [4.78, 5) is 20.5. The molecule has 0 atom stereocenters. The zero-order chi connectivity index (χ0) is 13.9. The Labute approximate surface area is 104 Å². The predicted octanol–water partition coefficient (Wildman–Crippen LogP) is 1.52. The number of nitro benzene ring substituents is 1. The van der Waals surface area contributed by atoms with Gasteiger partial charge in [-0.05, 0) is 26.0 Å². The van der Waals surface area contributed by atoms with E-state index in [9.17, 15) is 23.3 Å². The lowest BCUT2D eigenvalue weighted by Gasteiger charge is -2.09. The van der Waals surface area contributed by atoms with Crippen molar-refractivity contribution in [3.8, 4) is 5.75 Å². The van der Waals surface area contributed by atoms with Gasteiger partial charge in [-0.15, -0.1) is 0 Å². The second kappa shape index (κ2) is 5.13. The number of aldehydes is 1. The van der Waals surface area contributed by atoms with E-state index in [4.69, 9.17) is 0 Å². The van der Waals surface area contributed by atoms with Crippen molar-refractivity contribution < 1.29 is 22.3 Å². The van der Waals surface area contributed by atoms with Gasteiger partial charge < -0.3 is 4.18 Å². The van der Waals surface area contributed by atoms with Crippen molar-refractivity contribution >= 4 is 22.1 Å². The highest BCUT2D eigenvalue weighted by Crippen LogP contribution is 2.29. The summed E-state index contributed by atoms with van der Waals surface area (Å²) >= 11 is 0. The molecular formula is C10H11NO6S. The molecule has 1 rings (SSSR count). The smallest absolute Gasteiger partial charge is 0.312 e. The zero-order valence-corrected chi connectivity index (χ0v) is 10.5. The van der Waals surface area contributed by atoms with E-state index in [0.717, 1.165) is 12.1 Å². The Morgan fingerprint density at radius 1 is 1.39 bits per heavy atom. The first-order chi connectivity index (χ1) is 8.27. The number of hydrogen-bond donors (Lipinski definition) is 0. The average molecular weight is 273 g/mol. The Kier molecular flexibility index (Phi) is 4.02. The minimum atomic E-state index is -3.95. The highest BCUT2D eigenvalue weighted by molar-refractivity contribution is 7.87. The monoisotopic (exact) mass is 273 g/mol. The summed E-state index contributed by atoms with van der Waals surface area (Å²) in [5, 5.41) is 9.87. The Bertz CT molecular complexity index is 578. The molecule has 8 heteroatoms. The van der Waals surface area contributed by atoms with E-state index < -0.39 is 31.7 Å². The molecule has 0 aliphatic heterocycles. The standard InChI is InChI=1S/C10H11NO6S/c1-7(2)18(15,16)17-10-5-8(6-12)3-4-9(10)11(13)14/h3-7H,1-2H3. The van der Waals surface area contributed by atoms with Crippen molar-refractivity contribution in [1.82, 2.24) is 0 Å². The van der Waals surface area contributed by atoms with Gasteiger partial charge >= 0.3 is 15.8 Å². The molecule has 18 heavy (non-hydrogen) atoms. The SMILES string of the molecule is CC(C)S(=O)(=O)Oc1cc(C=O)ccc1[N+](=O)[O-]. The molecule has 0 radical (unpaired) electrons. The molecule has 0 spiro atoms. The molecule has 0 heterocycles. The molecule has 0 saturated heterocycles. The molecule has 0 saturated carbocycles. The van der Waals surface area contributed by atoms with E-state index in [1.54, 1.807) is 0 Å². The number of nitro groups is 1. The Hall–Kier alpha value is -1.96. The second-order valence-corrected chi connectivity index (χ2v) is 5.82.